The second-order valence-electron chi connectivity index (χ2n) is 4.51. The molecule has 0 aromatic heterocycles. The highest BCUT2D eigenvalue weighted by molar-refractivity contribution is 6.37. The first kappa shape index (κ1) is 16.9. The molecule has 22 heavy (non-hydrogen) atoms. The normalized spacial score (nSPS) is 21.3. The third-order valence-electron chi connectivity index (χ3n) is 3.03. The van der Waals surface area contributed by atoms with E-state index >= 15 is 0 Å². The van der Waals surface area contributed by atoms with Gasteiger partial charge in [-0.3, -0.25) is 0 Å². The standard InChI is InChI=1S/C13H10Cl2F3NO3/c1-2-21-11(20)10-6-12(22-19-10,13(16,17)18)7-3-8(14)5-9(15)4-7/h3-5H,2,6H2,1H3. The molecule has 0 spiro atoms. The van der Waals surface area contributed by atoms with Crippen molar-refractivity contribution in [3.05, 3.63) is 33.8 Å². The first-order chi connectivity index (χ1) is 10.2. The van der Waals surface area contributed by atoms with Gasteiger partial charge in [0.15, 0.2) is 5.71 Å². The molecule has 9 heteroatoms. The van der Waals surface area contributed by atoms with Crippen LogP contribution in [0.5, 0.6) is 0 Å². The fraction of sp³-hybridized carbons (Fsp3) is 0.385. The number of carbonyl (C=O) groups excluding carboxylic acids is 1. The second kappa shape index (κ2) is 5.96. The zero-order valence-electron chi connectivity index (χ0n) is 11.2. The van der Waals surface area contributed by atoms with Crippen LogP contribution in [-0.2, 0) is 20.0 Å². The summed E-state index contributed by atoms with van der Waals surface area (Å²) in [4.78, 5) is 16.2. The Bertz CT molecular complexity index is 613. The van der Waals surface area contributed by atoms with Crippen LogP contribution in [0.25, 0.3) is 0 Å². The van der Waals surface area contributed by atoms with E-state index < -0.39 is 29.9 Å². The van der Waals surface area contributed by atoms with Gasteiger partial charge in [0.1, 0.15) is 0 Å². The van der Waals surface area contributed by atoms with Crippen molar-refractivity contribution in [1.82, 2.24) is 0 Å². The molecule has 0 fully saturated rings. The number of oxime groups is 1. The van der Waals surface area contributed by atoms with Crippen molar-refractivity contribution >= 4 is 34.9 Å². The van der Waals surface area contributed by atoms with E-state index in [0.29, 0.717) is 0 Å². The molecule has 0 amide bonds. The number of rotatable bonds is 3. The maximum atomic E-state index is 13.6. The van der Waals surface area contributed by atoms with Crippen molar-refractivity contribution < 1.29 is 27.5 Å². The average molecular weight is 356 g/mol. The summed E-state index contributed by atoms with van der Waals surface area (Å²) in [6, 6.07) is 3.44. The molecule has 0 aliphatic carbocycles. The Morgan fingerprint density at radius 1 is 1.36 bits per heavy atom. The van der Waals surface area contributed by atoms with E-state index in [1.807, 2.05) is 0 Å². The highest BCUT2D eigenvalue weighted by Crippen LogP contribution is 2.49. The molecule has 1 aliphatic rings. The molecular weight excluding hydrogens is 346 g/mol. The number of hydrogen-bond donors (Lipinski definition) is 0. The summed E-state index contributed by atoms with van der Waals surface area (Å²) >= 11 is 11.5. The number of alkyl halides is 3. The molecule has 2 rings (SSSR count). The predicted molar refractivity (Wildman–Crippen MR) is 74.0 cm³/mol. The lowest BCUT2D eigenvalue weighted by molar-refractivity contribution is -0.275. The van der Waals surface area contributed by atoms with Gasteiger partial charge >= 0.3 is 12.1 Å². The van der Waals surface area contributed by atoms with Crippen LogP contribution in [0, 0.1) is 0 Å². The molecule has 1 unspecified atom stereocenters. The maximum absolute atomic E-state index is 13.6. The maximum Gasteiger partial charge on any atom is 0.435 e. The molecule has 1 atom stereocenters. The topological polar surface area (TPSA) is 47.9 Å². The third-order valence-corrected chi connectivity index (χ3v) is 3.46. The summed E-state index contributed by atoms with van der Waals surface area (Å²) in [5.74, 6) is -0.957. The number of nitrogens with zero attached hydrogens (tertiary/aromatic N) is 1. The van der Waals surface area contributed by atoms with E-state index in [0.717, 1.165) is 12.1 Å². The van der Waals surface area contributed by atoms with Crippen LogP contribution < -0.4 is 0 Å². The largest absolute Gasteiger partial charge is 0.461 e. The van der Waals surface area contributed by atoms with Crippen LogP contribution >= 0.6 is 23.2 Å². The van der Waals surface area contributed by atoms with E-state index in [1.165, 1.54) is 13.0 Å². The highest BCUT2D eigenvalue weighted by Gasteiger charge is 2.63. The second-order valence-corrected chi connectivity index (χ2v) is 5.38. The summed E-state index contributed by atoms with van der Waals surface area (Å²) in [6.07, 6.45) is -5.65. The van der Waals surface area contributed by atoms with Gasteiger partial charge in [-0.2, -0.15) is 13.2 Å². The molecule has 0 N–H and O–H groups in total. The Morgan fingerprint density at radius 2 is 1.95 bits per heavy atom. The zero-order valence-corrected chi connectivity index (χ0v) is 12.7. The van der Waals surface area contributed by atoms with Gasteiger partial charge in [-0.1, -0.05) is 28.4 Å². The first-order valence-corrected chi connectivity index (χ1v) is 6.90. The molecule has 0 radical (unpaired) electrons. The van der Waals surface area contributed by atoms with Crippen molar-refractivity contribution in [2.24, 2.45) is 5.16 Å². The Hall–Kier alpha value is -1.47. The third kappa shape index (κ3) is 3.01. The molecule has 1 aromatic carbocycles. The Morgan fingerprint density at radius 3 is 2.45 bits per heavy atom. The van der Waals surface area contributed by atoms with Crippen molar-refractivity contribution in [2.75, 3.05) is 6.61 Å². The number of ether oxygens (including phenoxy) is 1. The van der Waals surface area contributed by atoms with Gasteiger partial charge in [0.2, 0.25) is 0 Å². The molecule has 0 saturated heterocycles. The number of halogens is 5. The van der Waals surface area contributed by atoms with Gasteiger partial charge in [0.25, 0.3) is 5.60 Å². The Balaban J connectivity index is 2.43. The number of benzene rings is 1. The van der Waals surface area contributed by atoms with Gasteiger partial charge < -0.3 is 9.57 Å². The summed E-state index contributed by atoms with van der Waals surface area (Å²) in [7, 11) is 0. The van der Waals surface area contributed by atoms with E-state index in [-0.39, 0.29) is 22.2 Å². The van der Waals surface area contributed by atoms with Crippen LogP contribution in [0.3, 0.4) is 0 Å². The van der Waals surface area contributed by atoms with Gasteiger partial charge in [0.05, 0.1) is 13.0 Å². The smallest absolute Gasteiger partial charge is 0.435 e. The van der Waals surface area contributed by atoms with Crippen LogP contribution in [0.2, 0.25) is 10.0 Å². The van der Waals surface area contributed by atoms with E-state index in [1.54, 1.807) is 0 Å². The number of esters is 1. The molecule has 1 heterocycles. The molecule has 0 bridgehead atoms. The summed E-state index contributed by atoms with van der Waals surface area (Å²) in [5, 5.41) is 3.27. The lowest BCUT2D eigenvalue weighted by atomic mass is 9.88. The van der Waals surface area contributed by atoms with Gasteiger partial charge in [-0.05, 0) is 25.1 Å². The minimum absolute atomic E-state index is 0.0132. The average Bonchev–Trinajstić information content (AvgIpc) is 2.83. The minimum Gasteiger partial charge on any atom is -0.461 e. The van der Waals surface area contributed by atoms with Gasteiger partial charge in [-0.25, -0.2) is 4.79 Å². The predicted octanol–water partition coefficient (Wildman–Crippen LogP) is 4.09. The summed E-state index contributed by atoms with van der Waals surface area (Å²) in [5.41, 5.74) is -3.60. The Labute approximate surface area is 133 Å². The minimum atomic E-state index is -4.83. The van der Waals surface area contributed by atoms with E-state index in [9.17, 15) is 18.0 Å². The van der Waals surface area contributed by atoms with Gasteiger partial charge in [0, 0.05) is 15.6 Å². The molecule has 0 saturated carbocycles. The van der Waals surface area contributed by atoms with Crippen molar-refractivity contribution in [1.29, 1.82) is 0 Å². The van der Waals surface area contributed by atoms with Crippen LogP contribution in [-0.4, -0.2) is 24.5 Å². The van der Waals surface area contributed by atoms with Crippen LogP contribution in [0.15, 0.2) is 23.4 Å². The van der Waals surface area contributed by atoms with Crippen LogP contribution in [0.4, 0.5) is 13.2 Å². The van der Waals surface area contributed by atoms with Gasteiger partial charge in [-0.15, -0.1) is 0 Å². The summed E-state index contributed by atoms with van der Waals surface area (Å²) in [6.45, 7) is 1.54. The fourth-order valence-corrected chi connectivity index (χ4v) is 2.54. The molecule has 1 aromatic rings. The zero-order chi connectivity index (χ0) is 16.5. The Kier molecular flexibility index (Phi) is 4.58. The molecule has 120 valence electrons. The van der Waals surface area contributed by atoms with Crippen molar-refractivity contribution in [3.63, 3.8) is 0 Å². The van der Waals surface area contributed by atoms with Crippen molar-refractivity contribution in [2.45, 2.75) is 25.1 Å². The van der Waals surface area contributed by atoms with E-state index in [2.05, 4.69) is 14.7 Å². The molecular formula is C13H10Cl2F3NO3. The highest BCUT2D eigenvalue weighted by atomic mass is 35.5. The van der Waals surface area contributed by atoms with Crippen LogP contribution in [0.1, 0.15) is 18.9 Å². The lowest BCUT2D eigenvalue weighted by Crippen LogP contribution is -2.43. The fourth-order valence-electron chi connectivity index (χ4n) is 2.01. The summed E-state index contributed by atoms with van der Waals surface area (Å²) < 4.78 is 45.3. The molecule has 1 aliphatic heterocycles. The first-order valence-electron chi connectivity index (χ1n) is 6.15. The lowest BCUT2D eigenvalue weighted by Gasteiger charge is -2.29. The number of hydrogen-bond acceptors (Lipinski definition) is 4. The van der Waals surface area contributed by atoms with E-state index in [4.69, 9.17) is 23.2 Å². The van der Waals surface area contributed by atoms with Crippen molar-refractivity contribution in [3.8, 4) is 0 Å². The number of carbonyl (C=O) groups is 1. The SMILES string of the molecule is CCOC(=O)C1=NOC(c2cc(Cl)cc(Cl)c2)(C(F)(F)F)C1. The quantitative estimate of drug-likeness (QED) is 0.767. The monoisotopic (exact) mass is 355 g/mol. The molecule has 4 nitrogen and oxygen atoms in total.